The quantitative estimate of drug-likeness (QED) is 0.579. The number of carbonyl (C=O) groups is 1. The van der Waals surface area contributed by atoms with Gasteiger partial charge in [-0.1, -0.05) is 12.1 Å². The molecule has 0 aliphatic carbocycles. The molecule has 0 saturated carbocycles. The summed E-state index contributed by atoms with van der Waals surface area (Å²) in [4.78, 5) is 20.6. The SMILES string of the molecule is O=C(Nc1cccnc1)c1ccnc2cc(-c3cccc(C(F)(F)F)c3)nn12. The molecule has 6 nitrogen and oxygen atoms in total. The number of hydrogen-bond donors (Lipinski definition) is 1. The Morgan fingerprint density at radius 1 is 1.04 bits per heavy atom. The number of hydrogen-bond acceptors (Lipinski definition) is 4. The van der Waals surface area contributed by atoms with Crippen LogP contribution in [0, 0.1) is 0 Å². The average Bonchev–Trinajstić information content (AvgIpc) is 3.12. The van der Waals surface area contributed by atoms with E-state index in [4.69, 9.17) is 0 Å². The number of fused-ring (bicyclic) bond motifs is 1. The molecular weight excluding hydrogens is 371 g/mol. The second kappa shape index (κ2) is 6.76. The minimum absolute atomic E-state index is 0.187. The summed E-state index contributed by atoms with van der Waals surface area (Å²) in [6, 6.07) is 11.2. The van der Waals surface area contributed by atoms with Gasteiger partial charge in [0.25, 0.3) is 5.91 Å². The van der Waals surface area contributed by atoms with Crippen molar-refractivity contribution >= 4 is 17.2 Å². The number of anilines is 1. The molecular formula is C19H12F3N5O. The number of benzene rings is 1. The van der Waals surface area contributed by atoms with Crippen LogP contribution < -0.4 is 5.32 Å². The summed E-state index contributed by atoms with van der Waals surface area (Å²) < 4.78 is 40.2. The van der Waals surface area contributed by atoms with Crippen molar-refractivity contribution in [3.05, 3.63) is 78.4 Å². The van der Waals surface area contributed by atoms with Gasteiger partial charge < -0.3 is 5.32 Å². The first-order valence-corrected chi connectivity index (χ1v) is 8.15. The summed E-state index contributed by atoms with van der Waals surface area (Å²) in [6.07, 6.45) is 0.0514. The van der Waals surface area contributed by atoms with Crippen LogP contribution in [0.25, 0.3) is 16.9 Å². The molecule has 0 unspecified atom stereocenters. The Balaban J connectivity index is 1.73. The van der Waals surface area contributed by atoms with Gasteiger partial charge >= 0.3 is 6.18 Å². The van der Waals surface area contributed by atoms with Crippen LogP contribution in [0.5, 0.6) is 0 Å². The third-order valence-electron chi connectivity index (χ3n) is 4.00. The van der Waals surface area contributed by atoms with Gasteiger partial charge in [0.05, 0.1) is 23.1 Å². The lowest BCUT2D eigenvalue weighted by Crippen LogP contribution is -2.16. The molecule has 3 aromatic heterocycles. The Morgan fingerprint density at radius 3 is 2.64 bits per heavy atom. The van der Waals surface area contributed by atoms with Gasteiger partial charge in [0.1, 0.15) is 5.69 Å². The monoisotopic (exact) mass is 383 g/mol. The van der Waals surface area contributed by atoms with Gasteiger partial charge in [0, 0.05) is 24.0 Å². The Morgan fingerprint density at radius 2 is 1.89 bits per heavy atom. The fraction of sp³-hybridized carbons (Fsp3) is 0.0526. The van der Waals surface area contributed by atoms with E-state index >= 15 is 0 Å². The second-order valence-electron chi connectivity index (χ2n) is 5.90. The van der Waals surface area contributed by atoms with Crippen LogP contribution in [0.15, 0.2) is 67.1 Å². The normalized spacial score (nSPS) is 11.5. The van der Waals surface area contributed by atoms with Gasteiger partial charge in [-0.25, -0.2) is 9.50 Å². The van der Waals surface area contributed by atoms with Crippen molar-refractivity contribution in [1.82, 2.24) is 19.6 Å². The molecule has 1 amide bonds. The largest absolute Gasteiger partial charge is 0.416 e. The van der Waals surface area contributed by atoms with E-state index in [1.165, 1.54) is 41.2 Å². The van der Waals surface area contributed by atoms with Gasteiger partial charge in [0.2, 0.25) is 0 Å². The lowest BCUT2D eigenvalue weighted by atomic mass is 10.1. The predicted molar refractivity (Wildman–Crippen MR) is 95.6 cm³/mol. The van der Waals surface area contributed by atoms with Gasteiger partial charge in [-0.3, -0.25) is 9.78 Å². The van der Waals surface area contributed by atoms with E-state index in [1.54, 1.807) is 18.3 Å². The Kier molecular flexibility index (Phi) is 4.26. The van der Waals surface area contributed by atoms with Gasteiger partial charge in [-0.2, -0.15) is 18.3 Å². The second-order valence-corrected chi connectivity index (χ2v) is 5.90. The molecule has 0 saturated heterocycles. The first-order valence-electron chi connectivity index (χ1n) is 8.15. The van der Waals surface area contributed by atoms with Crippen LogP contribution in [0.3, 0.4) is 0 Å². The Bertz CT molecular complexity index is 1160. The highest BCUT2D eigenvalue weighted by Gasteiger charge is 2.30. The summed E-state index contributed by atoms with van der Waals surface area (Å²) in [5, 5.41) is 6.97. The molecule has 0 radical (unpaired) electrons. The summed E-state index contributed by atoms with van der Waals surface area (Å²) in [5.74, 6) is -0.445. The molecule has 0 aliphatic rings. The van der Waals surface area contributed by atoms with E-state index < -0.39 is 17.6 Å². The number of rotatable bonds is 3. The van der Waals surface area contributed by atoms with Crippen molar-refractivity contribution in [3.63, 3.8) is 0 Å². The Hall–Kier alpha value is -3.75. The third-order valence-corrected chi connectivity index (χ3v) is 4.00. The number of pyridine rings is 1. The maximum Gasteiger partial charge on any atom is 0.416 e. The van der Waals surface area contributed by atoms with Gasteiger partial charge in [0.15, 0.2) is 5.65 Å². The highest BCUT2D eigenvalue weighted by molar-refractivity contribution is 6.03. The molecule has 0 spiro atoms. The third kappa shape index (κ3) is 3.41. The zero-order valence-corrected chi connectivity index (χ0v) is 14.2. The number of nitrogens with one attached hydrogen (secondary N) is 1. The maximum absolute atomic E-state index is 13.0. The average molecular weight is 383 g/mol. The molecule has 28 heavy (non-hydrogen) atoms. The predicted octanol–water partition coefficient (Wildman–Crippen LogP) is 4.06. The molecule has 4 rings (SSSR count). The lowest BCUT2D eigenvalue weighted by Gasteiger charge is -2.07. The summed E-state index contributed by atoms with van der Waals surface area (Å²) in [7, 11) is 0. The van der Waals surface area contributed by atoms with E-state index in [2.05, 4.69) is 20.4 Å². The van der Waals surface area contributed by atoms with Crippen molar-refractivity contribution < 1.29 is 18.0 Å². The van der Waals surface area contributed by atoms with Crippen molar-refractivity contribution in [3.8, 4) is 11.3 Å². The standard InChI is InChI=1S/C19H12F3N5O/c20-19(21,22)13-4-1-3-12(9-13)15-10-17-24-8-6-16(27(17)26-15)18(28)25-14-5-2-7-23-11-14/h1-11H,(H,25,28). The molecule has 3 heterocycles. The molecule has 4 aromatic rings. The van der Waals surface area contributed by atoms with Crippen molar-refractivity contribution in [2.24, 2.45) is 0 Å². The number of alkyl halides is 3. The lowest BCUT2D eigenvalue weighted by molar-refractivity contribution is -0.137. The fourth-order valence-corrected chi connectivity index (χ4v) is 2.69. The highest BCUT2D eigenvalue weighted by Crippen LogP contribution is 2.32. The molecule has 140 valence electrons. The molecule has 0 bridgehead atoms. The number of halogens is 3. The number of amides is 1. The van der Waals surface area contributed by atoms with Crippen molar-refractivity contribution in [2.75, 3.05) is 5.32 Å². The first-order chi connectivity index (χ1) is 13.4. The van der Waals surface area contributed by atoms with Gasteiger partial charge in [-0.05, 0) is 30.3 Å². The maximum atomic E-state index is 13.0. The van der Waals surface area contributed by atoms with E-state index in [1.807, 2.05) is 0 Å². The van der Waals surface area contributed by atoms with Crippen LogP contribution in [0.1, 0.15) is 16.1 Å². The topological polar surface area (TPSA) is 72.2 Å². The van der Waals surface area contributed by atoms with E-state index in [0.29, 0.717) is 11.3 Å². The van der Waals surface area contributed by atoms with Crippen LogP contribution in [-0.4, -0.2) is 25.5 Å². The van der Waals surface area contributed by atoms with E-state index in [0.717, 1.165) is 12.1 Å². The minimum Gasteiger partial charge on any atom is -0.319 e. The van der Waals surface area contributed by atoms with Crippen molar-refractivity contribution in [1.29, 1.82) is 0 Å². The van der Waals surface area contributed by atoms with Crippen LogP contribution in [-0.2, 0) is 6.18 Å². The molecule has 1 aromatic carbocycles. The molecule has 9 heteroatoms. The van der Waals surface area contributed by atoms with E-state index in [9.17, 15) is 18.0 Å². The van der Waals surface area contributed by atoms with Crippen molar-refractivity contribution in [2.45, 2.75) is 6.18 Å². The molecule has 0 aliphatic heterocycles. The number of carbonyl (C=O) groups excluding carboxylic acids is 1. The van der Waals surface area contributed by atoms with E-state index in [-0.39, 0.29) is 17.0 Å². The summed E-state index contributed by atoms with van der Waals surface area (Å²) >= 11 is 0. The van der Waals surface area contributed by atoms with Gasteiger partial charge in [-0.15, -0.1) is 0 Å². The smallest absolute Gasteiger partial charge is 0.319 e. The zero-order valence-electron chi connectivity index (χ0n) is 14.2. The fourth-order valence-electron chi connectivity index (χ4n) is 2.69. The zero-order chi connectivity index (χ0) is 19.7. The highest BCUT2D eigenvalue weighted by atomic mass is 19.4. The Labute approximate surface area is 156 Å². The minimum atomic E-state index is -4.46. The molecule has 1 N–H and O–H groups in total. The number of aromatic nitrogens is 4. The summed E-state index contributed by atoms with van der Waals surface area (Å²) in [6.45, 7) is 0. The van der Waals surface area contributed by atoms with Crippen LogP contribution in [0.2, 0.25) is 0 Å². The van der Waals surface area contributed by atoms with Crippen LogP contribution in [0.4, 0.5) is 18.9 Å². The van der Waals surface area contributed by atoms with Crippen LogP contribution >= 0.6 is 0 Å². The summed E-state index contributed by atoms with van der Waals surface area (Å²) in [5.41, 5.74) is 0.810. The molecule has 0 atom stereocenters. The number of nitrogens with zero attached hydrogens (tertiary/aromatic N) is 4. The first kappa shape index (κ1) is 17.7. The molecule has 0 fully saturated rings.